The van der Waals surface area contributed by atoms with Crippen molar-refractivity contribution in [2.45, 2.75) is 37.2 Å². The lowest BCUT2D eigenvalue weighted by atomic mass is 10.1. The van der Waals surface area contributed by atoms with Gasteiger partial charge in [0.1, 0.15) is 11.1 Å². The van der Waals surface area contributed by atoms with Gasteiger partial charge in [0.15, 0.2) is 5.16 Å². The number of aryl methyl sites for hydroxylation is 2. The molecule has 126 valence electrons. The quantitative estimate of drug-likeness (QED) is 0.627. The van der Waals surface area contributed by atoms with Gasteiger partial charge in [0.25, 0.3) is 0 Å². The van der Waals surface area contributed by atoms with Crippen LogP contribution in [0.25, 0.3) is 0 Å². The van der Waals surface area contributed by atoms with Crippen LogP contribution < -0.4 is 0 Å². The highest BCUT2D eigenvalue weighted by molar-refractivity contribution is 8.00. The van der Waals surface area contributed by atoms with Gasteiger partial charge in [-0.25, -0.2) is 0 Å². The SMILES string of the molecule is Cc1ccc(C[C@@H](C#N)Sc2nnc(C)n2Cc2ccccc2)cc1. The van der Waals surface area contributed by atoms with Crippen LogP contribution in [0.15, 0.2) is 59.8 Å². The van der Waals surface area contributed by atoms with E-state index in [4.69, 9.17) is 0 Å². The molecule has 0 amide bonds. The van der Waals surface area contributed by atoms with E-state index in [9.17, 15) is 5.26 Å². The Bertz CT molecular complexity index is 863. The Morgan fingerprint density at radius 1 is 1.00 bits per heavy atom. The predicted molar refractivity (Wildman–Crippen MR) is 100 cm³/mol. The van der Waals surface area contributed by atoms with Gasteiger partial charge in [-0.15, -0.1) is 10.2 Å². The molecular formula is C20H20N4S. The van der Waals surface area contributed by atoms with Crippen LogP contribution in [0.3, 0.4) is 0 Å². The number of hydrogen-bond donors (Lipinski definition) is 0. The maximum atomic E-state index is 9.56. The molecule has 2 aromatic carbocycles. The van der Waals surface area contributed by atoms with Gasteiger partial charge in [0, 0.05) is 0 Å². The average Bonchev–Trinajstić information content (AvgIpc) is 2.97. The summed E-state index contributed by atoms with van der Waals surface area (Å²) < 4.78 is 2.07. The van der Waals surface area contributed by atoms with Crippen LogP contribution in [0.1, 0.15) is 22.5 Å². The zero-order chi connectivity index (χ0) is 17.6. The van der Waals surface area contributed by atoms with Gasteiger partial charge >= 0.3 is 0 Å². The van der Waals surface area contributed by atoms with Gasteiger partial charge in [0.2, 0.25) is 0 Å². The normalized spacial score (nSPS) is 11.9. The highest BCUT2D eigenvalue weighted by Crippen LogP contribution is 2.25. The Balaban J connectivity index is 1.75. The topological polar surface area (TPSA) is 54.5 Å². The van der Waals surface area contributed by atoms with E-state index in [1.807, 2.05) is 25.1 Å². The number of thioether (sulfide) groups is 1. The minimum absolute atomic E-state index is 0.194. The smallest absolute Gasteiger partial charge is 0.192 e. The van der Waals surface area contributed by atoms with E-state index in [1.54, 1.807) is 0 Å². The van der Waals surface area contributed by atoms with Crippen molar-refractivity contribution in [3.05, 3.63) is 77.1 Å². The molecule has 25 heavy (non-hydrogen) atoms. The van der Waals surface area contributed by atoms with E-state index in [1.165, 1.54) is 22.9 Å². The summed E-state index contributed by atoms with van der Waals surface area (Å²) in [5, 5.41) is 18.6. The molecule has 3 aromatic rings. The fraction of sp³-hybridized carbons (Fsp3) is 0.250. The minimum Gasteiger partial charge on any atom is -0.302 e. The number of nitriles is 1. The third-order valence-corrected chi connectivity index (χ3v) is 5.09. The first-order valence-corrected chi connectivity index (χ1v) is 9.09. The monoisotopic (exact) mass is 348 g/mol. The fourth-order valence-electron chi connectivity index (χ4n) is 2.58. The van der Waals surface area contributed by atoms with E-state index in [2.05, 4.69) is 64.2 Å². The summed E-state index contributed by atoms with van der Waals surface area (Å²) in [7, 11) is 0. The van der Waals surface area contributed by atoms with Gasteiger partial charge in [-0.1, -0.05) is 71.9 Å². The van der Waals surface area contributed by atoms with Crippen molar-refractivity contribution in [2.24, 2.45) is 0 Å². The first-order chi connectivity index (χ1) is 12.2. The van der Waals surface area contributed by atoms with Crippen molar-refractivity contribution in [1.29, 1.82) is 5.26 Å². The van der Waals surface area contributed by atoms with Gasteiger partial charge in [-0.05, 0) is 31.4 Å². The van der Waals surface area contributed by atoms with Crippen LogP contribution in [0, 0.1) is 25.2 Å². The molecule has 0 N–H and O–H groups in total. The molecule has 0 bridgehead atoms. The Labute approximate surface area is 152 Å². The van der Waals surface area contributed by atoms with Crippen molar-refractivity contribution in [3.8, 4) is 6.07 Å². The van der Waals surface area contributed by atoms with Crippen LogP contribution in [0.5, 0.6) is 0 Å². The Hall–Kier alpha value is -2.58. The fourth-order valence-corrected chi connectivity index (χ4v) is 3.57. The van der Waals surface area contributed by atoms with Crippen molar-refractivity contribution < 1.29 is 0 Å². The molecule has 3 rings (SSSR count). The second-order valence-corrected chi connectivity index (χ2v) is 7.20. The van der Waals surface area contributed by atoms with Gasteiger partial charge < -0.3 is 4.57 Å². The molecule has 0 fully saturated rings. The zero-order valence-electron chi connectivity index (χ0n) is 14.4. The van der Waals surface area contributed by atoms with E-state index in [0.717, 1.165) is 16.5 Å². The summed E-state index contributed by atoms with van der Waals surface area (Å²) in [6.07, 6.45) is 0.693. The predicted octanol–water partition coefficient (Wildman–Crippen LogP) is 4.17. The van der Waals surface area contributed by atoms with Gasteiger partial charge in [0.05, 0.1) is 12.6 Å². The summed E-state index contributed by atoms with van der Waals surface area (Å²) in [6, 6.07) is 20.9. The summed E-state index contributed by atoms with van der Waals surface area (Å²) in [4.78, 5) is 0. The molecular weight excluding hydrogens is 328 g/mol. The summed E-state index contributed by atoms with van der Waals surface area (Å²) in [5.74, 6) is 0.860. The Morgan fingerprint density at radius 2 is 1.72 bits per heavy atom. The first-order valence-electron chi connectivity index (χ1n) is 8.21. The summed E-state index contributed by atoms with van der Waals surface area (Å²) >= 11 is 1.48. The van der Waals surface area contributed by atoms with Gasteiger partial charge in [-0.2, -0.15) is 5.26 Å². The Kier molecular flexibility index (Phi) is 5.52. The molecule has 0 saturated carbocycles. The molecule has 0 aliphatic heterocycles. The second kappa shape index (κ2) is 8.00. The van der Waals surface area contributed by atoms with Crippen LogP contribution in [0.4, 0.5) is 0 Å². The molecule has 0 radical (unpaired) electrons. The molecule has 0 saturated heterocycles. The molecule has 1 atom stereocenters. The standard InChI is InChI=1S/C20H20N4S/c1-15-8-10-17(11-9-15)12-19(13-21)25-20-23-22-16(2)24(20)14-18-6-4-3-5-7-18/h3-11,19H,12,14H2,1-2H3/t19-/m0/s1. The van der Waals surface area contributed by atoms with Crippen molar-refractivity contribution >= 4 is 11.8 Å². The van der Waals surface area contributed by atoms with Gasteiger partial charge in [-0.3, -0.25) is 0 Å². The lowest BCUT2D eigenvalue weighted by molar-refractivity contribution is 0.687. The lowest BCUT2D eigenvalue weighted by Crippen LogP contribution is -2.09. The van der Waals surface area contributed by atoms with E-state index in [-0.39, 0.29) is 5.25 Å². The van der Waals surface area contributed by atoms with Crippen molar-refractivity contribution in [1.82, 2.24) is 14.8 Å². The number of nitrogens with zero attached hydrogens (tertiary/aromatic N) is 4. The van der Waals surface area contributed by atoms with Crippen LogP contribution in [-0.4, -0.2) is 20.0 Å². The summed E-state index contributed by atoms with van der Waals surface area (Å²) in [6.45, 7) is 4.72. The average molecular weight is 348 g/mol. The molecule has 5 heteroatoms. The number of benzene rings is 2. The van der Waals surface area contributed by atoms with Crippen LogP contribution >= 0.6 is 11.8 Å². The molecule has 0 aliphatic carbocycles. The summed E-state index contributed by atoms with van der Waals surface area (Å²) in [5.41, 5.74) is 3.58. The third kappa shape index (κ3) is 4.49. The number of hydrogen-bond acceptors (Lipinski definition) is 4. The minimum atomic E-state index is -0.194. The lowest BCUT2D eigenvalue weighted by Gasteiger charge is -2.11. The molecule has 0 aliphatic rings. The highest BCUT2D eigenvalue weighted by Gasteiger charge is 2.17. The van der Waals surface area contributed by atoms with E-state index >= 15 is 0 Å². The largest absolute Gasteiger partial charge is 0.302 e. The number of aromatic nitrogens is 3. The highest BCUT2D eigenvalue weighted by atomic mass is 32.2. The molecule has 1 heterocycles. The Morgan fingerprint density at radius 3 is 2.40 bits per heavy atom. The molecule has 0 unspecified atom stereocenters. The van der Waals surface area contributed by atoms with Crippen molar-refractivity contribution in [3.63, 3.8) is 0 Å². The second-order valence-electron chi connectivity index (χ2n) is 6.03. The van der Waals surface area contributed by atoms with Crippen LogP contribution in [-0.2, 0) is 13.0 Å². The van der Waals surface area contributed by atoms with Crippen molar-refractivity contribution in [2.75, 3.05) is 0 Å². The molecule has 4 nitrogen and oxygen atoms in total. The maximum Gasteiger partial charge on any atom is 0.192 e. The zero-order valence-corrected chi connectivity index (χ0v) is 15.2. The third-order valence-electron chi connectivity index (χ3n) is 4.02. The first kappa shape index (κ1) is 17.2. The van der Waals surface area contributed by atoms with E-state index < -0.39 is 0 Å². The van der Waals surface area contributed by atoms with Crippen LogP contribution in [0.2, 0.25) is 0 Å². The molecule has 0 spiro atoms. The number of rotatable bonds is 6. The molecule has 1 aromatic heterocycles. The van der Waals surface area contributed by atoms with E-state index in [0.29, 0.717) is 13.0 Å². The maximum absolute atomic E-state index is 9.56.